The number of methoxy groups -OCH3 is 2. The summed E-state index contributed by atoms with van der Waals surface area (Å²) in [6.07, 6.45) is 5.66. The minimum atomic E-state index is 0.289. The Hall–Kier alpha value is -3.65. The maximum atomic E-state index is 5.53. The molecule has 0 bridgehead atoms. The van der Waals surface area contributed by atoms with Gasteiger partial charge in [0.15, 0.2) is 0 Å². The molecule has 8 heteroatoms. The molecule has 4 rings (SSSR count). The van der Waals surface area contributed by atoms with Crippen molar-refractivity contribution in [3.63, 3.8) is 0 Å². The number of ether oxygens (including phenoxy) is 2. The summed E-state index contributed by atoms with van der Waals surface area (Å²) in [5, 5.41) is 7.96. The Kier molecular flexibility index (Phi) is 7.51. The molecular formula is C27H34N6O2. The summed E-state index contributed by atoms with van der Waals surface area (Å²) in [6.45, 7) is 10.1. The van der Waals surface area contributed by atoms with Gasteiger partial charge in [0.25, 0.3) is 0 Å². The lowest BCUT2D eigenvalue weighted by Gasteiger charge is -2.27. The topological polar surface area (TPSA) is 77.3 Å². The van der Waals surface area contributed by atoms with Gasteiger partial charge in [-0.2, -0.15) is 5.10 Å². The third-order valence-electron chi connectivity index (χ3n) is 5.80. The van der Waals surface area contributed by atoms with E-state index >= 15 is 0 Å². The van der Waals surface area contributed by atoms with Crippen molar-refractivity contribution in [3.05, 3.63) is 55.0 Å². The number of benzene rings is 2. The van der Waals surface area contributed by atoms with Crippen molar-refractivity contribution >= 4 is 22.4 Å². The Bertz CT molecular complexity index is 1260. The maximum Gasteiger partial charge on any atom is 0.124 e. The Morgan fingerprint density at radius 3 is 2.29 bits per heavy atom. The summed E-state index contributed by atoms with van der Waals surface area (Å²) in [6, 6.07) is 12.8. The Morgan fingerprint density at radius 1 is 0.914 bits per heavy atom. The van der Waals surface area contributed by atoms with Gasteiger partial charge < -0.3 is 19.7 Å². The third kappa shape index (κ3) is 5.71. The van der Waals surface area contributed by atoms with Crippen LogP contribution in [0.3, 0.4) is 0 Å². The third-order valence-corrected chi connectivity index (χ3v) is 5.80. The largest absolute Gasteiger partial charge is 0.497 e. The van der Waals surface area contributed by atoms with Crippen LogP contribution in [-0.4, -0.2) is 53.1 Å². The van der Waals surface area contributed by atoms with E-state index in [-0.39, 0.29) is 6.04 Å². The maximum absolute atomic E-state index is 5.53. The number of fused-ring (bicyclic) bond motifs is 1. The number of nitrogens with zero attached hydrogens (tertiary/aromatic N) is 5. The second kappa shape index (κ2) is 10.7. The second-order valence-corrected chi connectivity index (χ2v) is 9.06. The van der Waals surface area contributed by atoms with E-state index in [9.17, 15) is 0 Å². The van der Waals surface area contributed by atoms with E-state index in [2.05, 4.69) is 60.1 Å². The second-order valence-electron chi connectivity index (χ2n) is 9.06. The Labute approximate surface area is 206 Å². The lowest BCUT2D eigenvalue weighted by molar-refractivity contribution is 0.394. The highest BCUT2D eigenvalue weighted by atomic mass is 16.5. The highest BCUT2D eigenvalue weighted by Crippen LogP contribution is 2.34. The van der Waals surface area contributed by atoms with Crippen molar-refractivity contribution in [2.75, 3.05) is 32.2 Å². The molecule has 2 aromatic heterocycles. The van der Waals surface area contributed by atoms with Crippen molar-refractivity contribution in [3.8, 4) is 22.8 Å². The van der Waals surface area contributed by atoms with Gasteiger partial charge in [0.05, 0.1) is 43.3 Å². The number of hydrogen-bond acceptors (Lipinski definition) is 7. The SMILES string of the molecule is COc1cc(OC)cc(N(CCNC(C)C)c2ccc3ncc(-c4cnn(C(C)C)c4)nc3c2)c1. The number of aromatic nitrogens is 4. The first-order valence-corrected chi connectivity index (χ1v) is 11.9. The first-order valence-electron chi connectivity index (χ1n) is 11.9. The fourth-order valence-corrected chi connectivity index (χ4v) is 3.88. The molecule has 0 aliphatic heterocycles. The van der Waals surface area contributed by atoms with Crippen LogP contribution >= 0.6 is 0 Å². The normalized spacial score (nSPS) is 11.4. The predicted octanol–water partition coefficient (Wildman–Crippen LogP) is 5.23. The van der Waals surface area contributed by atoms with Gasteiger partial charge in [-0.15, -0.1) is 0 Å². The highest BCUT2D eigenvalue weighted by Gasteiger charge is 2.15. The van der Waals surface area contributed by atoms with E-state index in [1.165, 1.54) is 0 Å². The molecule has 0 radical (unpaired) electrons. The lowest BCUT2D eigenvalue weighted by atomic mass is 10.2. The van der Waals surface area contributed by atoms with Crippen LogP contribution in [0.25, 0.3) is 22.3 Å². The van der Waals surface area contributed by atoms with E-state index in [1.807, 2.05) is 41.3 Å². The summed E-state index contributed by atoms with van der Waals surface area (Å²) in [4.78, 5) is 11.8. The standard InChI is InChI=1S/C27H34N6O2/c1-18(2)28-9-10-32(22-11-23(34-5)14-24(12-22)35-6)21-7-8-25-26(13-21)31-27(16-29-25)20-15-30-33(17-20)19(3)4/h7-8,11-19,28H,9-10H2,1-6H3. The van der Waals surface area contributed by atoms with Gasteiger partial charge in [0.2, 0.25) is 0 Å². The van der Waals surface area contributed by atoms with Crippen LogP contribution in [0.15, 0.2) is 55.0 Å². The van der Waals surface area contributed by atoms with E-state index < -0.39 is 0 Å². The number of hydrogen-bond donors (Lipinski definition) is 1. The number of rotatable bonds is 10. The summed E-state index contributed by atoms with van der Waals surface area (Å²) in [5.74, 6) is 1.48. The van der Waals surface area contributed by atoms with E-state index in [1.54, 1.807) is 20.4 Å². The molecule has 0 aliphatic carbocycles. The first-order chi connectivity index (χ1) is 16.9. The minimum absolute atomic E-state index is 0.289. The molecule has 35 heavy (non-hydrogen) atoms. The molecule has 1 N–H and O–H groups in total. The summed E-state index contributed by atoms with van der Waals surface area (Å²) in [5.41, 5.74) is 5.42. The zero-order valence-electron chi connectivity index (χ0n) is 21.3. The van der Waals surface area contributed by atoms with Gasteiger partial charge in [-0.1, -0.05) is 13.8 Å². The van der Waals surface area contributed by atoms with E-state index in [4.69, 9.17) is 14.5 Å². The lowest BCUT2D eigenvalue weighted by Crippen LogP contribution is -2.32. The monoisotopic (exact) mass is 474 g/mol. The van der Waals surface area contributed by atoms with Gasteiger partial charge >= 0.3 is 0 Å². The van der Waals surface area contributed by atoms with E-state index in [0.717, 1.165) is 58.3 Å². The molecule has 0 aliphatic rings. The molecule has 0 saturated heterocycles. The van der Waals surface area contributed by atoms with Crippen LogP contribution in [0.2, 0.25) is 0 Å². The van der Waals surface area contributed by atoms with Crippen molar-refractivity contribution in [2.45, 2.75) is 39.8 Å². The van der Waals surface area contributed by atoms with Crippen molar-refractivity contribution in [2.24, 2.45) is 0 Å². The zero-order valence-corrected chi connectivity index (χ0v) is 21.3. The fourth-order valence-electron chi connectivity index (χ4n) is 3.88. The Balaban J connectivity index is 1.74. The number of anilines is 2. The van der Waals surface area contributed by atoms with Crippen LogP contribution < -0.4 is 19.7 Å². The van der Waals surface area contributed by atoms with Crippen LogP contribution in [0.1, 0.15) is 33.7 Å². The summed E-state index contributed by atoms with van der Waals surface area (Å²) < 4.78 is 13.0. The molecule has 0 spiro atoms. The van der Waals surface area contributed by atoms with Crippen molar-refractivity contribution < 1.29 is 9.47 Å². The molecule has 2 heterocycles. The molecule has 184 valence electrons. The van der Waals surface area contributed by atoms with Gasteiger partial charge in [-0.25, -0.2) is 4.98 Å². The highest BCUT2D eigenvalue weighted by molar-refractivity contribution is 5.82. The first kappa shape index (κ1) is 24.5. The average molecular weight is 475 g/mol. The van der Waals surface area contributed by atoms with Crippen molar-refractivity contribution in [1.82, 2.24) is 25.1 Å². The molecule has 2 aromatic carbocycles. The Morgan fingerprint density at radius 2 is 1.66 bits per heavy atom. The molecule has 0 unspecified atom stereocenters. The molecule has 0 atom stereocenters. The van der Waals surface area contributed by atoms with Crippen LogP contribution in [-0.2, 0) is 0 Å². The number of nitrogens with one attached hydrogen (secondary N) is 1. The van der Waals surface area contributed by atoms with Gasteiger partial charge in [-0.05, 0) is 32.0 Å². The fraction of sp³-hybridized carbons (Fsp3) is 0.370. The molecule has 0 fully saturated rings. The quantitative estimate of drug-likeness (QED) is 0.337. The zero-order chi connectivity index (χ0) is 24.9. The summed E-state index contributed by atoms with van der Waals surface area (Å²) >= 11 is 0. The van der Waals surface area contributed by atoms with Crippen LogP contribution in [0, 0.1) is 0 Å². The van der Waals surface area contributed by atoms with Crippen LogP contribution in [0.5, 0.6) is 11.5 Å². The molecule has 4 aromatic rings. The predicted molar refractivity (Wildman–Crippen MR) is 141 cm³/mol. The average Bonchev–Trinajstić information content (AvgIpc) is 3.36. The van der Waals surface area contributed by atoms with E-state index in [0.29, 0.717) is 6.04 Å². The molecule has 8 nitrogen and oxygen atoms in total. The summed E-state index contributed by atoms with van der Waals surface area (Å²) in [7, 11) is 3.33. The van der Waals surface area contributed by atoms with Gasteiger partial charge in [0.1, 0.15) is 11.5 Å². The van der Waals surface area contributed by atoms with Gasteiger partial charge in [-0.3, -0.25) is 9.67 Å². The van der Waals surface area contributed by atoms with Crippen molar-refractivity contribution in [1.29, 1.82) is 0 Å². The van der Waals surface area contributed by atoms with Gasteiger partial charge in [0, 0.05) is 66.5 Å². The minimum Gasteiger partial charge on any atom is -0.497 e. The molecule has 0 amide bonds. The molecule has 0 saturated carbocycles. The smallest absolute Gasteiger partial charge is 0.124 e. The molecular weight excluding hydrogens is 440 g/mol. The van der Waals surface area contributed by atoms with Crippen LogP contribution in [0.4, 0.5) is 11.4 Å².